The Morgan fingerprint density at radius 2 is 0.682 bits per heavy atom. The Morgan fingerprint density at radius 1 is 0.284 bits per heavy atom. The van der Waals surface area contributed by atoms with E-state index < -0.39 is 0 Å². The van der Waals surface area contributed by atoms with Gasteiger partial charge in [0.05, 0.1) is 22.4 Å². The molecule has 2 aliphatic rings. The van der Waals surface area contributed by atoms with Gasteiger partial charge in [0.2, 0.25) is 0 Å². The molecule has 414 valence electrons. The first kappa shape index (κ1) is 51.5. The fourth-order valence-electron chi connectivity index (χ4n) is 14.5. The van der Waals surface area contributed by atoms with Crippen LogP contribution in [0.15, 0.2) is 309 Å². The van der Waals surface area contributed by atoms with Crippen LogP contribution in [-0.4, -0.2) is 11.3 Å². The third-order valence-electron chi connectivity index (χ3n) is 18.7. The molecule has 0 fully saturated rings. The molecular formula is C84H60BN3. The van der Waals surface area contributed by atoms with Crippen molar-refractivity contribution in [3.8, 4) is 61.3 Å². The summed E-state index contributed by atoms with van der Waals surface area (Å²) in [6, 6.07) is 116. The van der Waals surface area contributed by atoms with Crippen LogP contribution in [0, 0.1) is 0 Å². The number of aromatic nitrogens is 1. The number of para-hydroxylation sites is 4. The predicted molar refractivity (Wildman–Crippen MR) is 376 cm³/mol. The van der Waals surface area contributed by atoms with E-state index in [9.17, 15) is 0 Å². The Morgan fingerprint density at radius 3 is 1.17 bits per heavy atom. The van der Waals surface area contributed by atoms with E-state index in [0.29, 0.717) is 0 Å². The summed E-state index contributed by atoms with van der Waals surface area (Å²) in [5, 5.41) is 7.42. The lowest BCUT2D eigenvalue weighted by Crippen LogP contribution is -2.61. The molecule has 2 aliphatic heterocycles. The van der Waals surface area contributed by atoms with Crippen LogP contribution >= 0.6 is 0 Å². The smallest absolute Gasteiger partial charge is 0.252 e. The van der Waals surface area contributed by atoms with Crippen LogP contribution in [0.1, 0.15) is 26.3 Å². The van der Waals surface area contributed by atoms with E-state index in [4.69, 9.17) is 0 Å². The predicted octanol–water partition coefficient (Wildman–Crippen LogP) is 20.8. The van der Waals surface area contributed by atoms with Crippen LogP contribution in [0.4, 0.5) is 34.1 Å². The molecular weight excluding hydrogens is 1060 g/mol. The molecule has 0 amide bonds. The van der Waals surface area contributed by atoms with E-state index in [1.807, 2.05) is 0 Å². The van der Waals surface area contributed by atoms with Crippen molar-refractivity contribution in [1.82, 2.24) is 4.57 Å². The van der Waals surface area contributed by atoms with Crippen LogP contribution in [0.5, 0.6) is 0 Å². The summed E-state index contributed by atoms with van der Waals surface area (Å²) in [7, 11) is 0. The van der Waals surface area contributed by atoms with Gasteiger partial charge < -0.3 is 14.4 Å². The molecule has 3 heterocycles. The lowest BCUT2D eigenvalue weighted by atomic mass is 9.33. The highest BCUT2D eigenvalue weighted by molar-refractivity contribution is 7.00. The first-order chi connectivity index (χ1) is 43.3. The summed E-state index contributed by atoms with van der Waals surface area (Å²) in [5.74, 6) is 0. The summed E-state index contributed by atoms with van der Waals surface area (Å²) in [5.41, 5.74) is 26.7. The summed E-state index contributed by atoms with van der Waals surface area (Å²) in [6.07, 6.45) is 0. The van der Waals surface area contributed by atoms with E-state index in [1.54, 1.807) is 0 Å². The number of hydrogen-bond donors (Lipinski definition) is 0. The van der Waals surface area contributed by atoms with Crippen molar-refractivity contribution in [2.75, 3.05) is 9.80 Å². The maximum Gasteiger partial charge on any atom is 0.252 e. The number of nitrogens with zero attached hydrogens (tertiary/aromatic N) is 3. The standard InChI is InChI=1S/C84H60BN3/c1-84(2,3)65-52-79-81-80(53-65)88(83-69(57-28-12-6-13-29-57)38-23-39-70(83)58-30-14-7-15-31-58)78-54-66(86-75-40-20-18-34-71(75)72-35-19-21-41-76(72)86)45-47-74(78)85(81)73-46-44-63(61-42-43-62-48-59-32-16-17-33-60(59)49-64(62)50-61)51-77(73)87(79)82-67(55-24-8-4-9-25-55)36-22-37-68(82)56-26-10-5-11-27-56/h4-54H,1-3H3. The number of rotatable bonds is 8. The third-order valence-corrected chi connectivity index (χ3v) is 18.7. The molecule has 15 aromatic rings. The second-order valence-electron chi connectivity index (χ2n) is 24.8. The highest BCUT2D eigenvalue weighted by atomic mass is 15.2. The normalized spacial score (nSPS) is 12.6. The molecule has 14 aromatic carbocycles. The molecule has 88 heavy (non-hydrogen) atoms. The molecule has 0 spiro atoms. The summed E-state index contributed by atoms with van der Waals surface area (Å²) >= 11 is 0. The van der Waals surface area contributed by atoms with Crippen LogP contribution in [-0.2, 0) is 5.41 Å². The fraction of sp³-hybridized carbons (Fsp3) is 0.0476. The molecule has 0 bridgehead atoms. The molecule has 17 rings (SSSR count). The zero-order chi connectivity index (χ0) is 58.6. The van der Waals surface area contributed by atoms with Crippen molar-refractivity contribution < 1.29 is 0 Å². The summed E-state index contributed by atoms with van der Waals surface area (Å²) in [4.78, 5) is 5.36. The Balaban J connectivity index is 1.02. The van der Waals surface area contributed by atoms with Gasteiger partial charge in [0.15, 0.2) is 0 Å². The fourth-order valence-corrected chi connectivity index (χ4v) is 14.5. The Labute approximate surface area is 514 Å². The number of benzene rings is 14. The second-order valence-corrected chi connectivity index (χ2v) is 24.8. The maximum atomic E-state index is 2.68. The minimum Gasteiger partial charge on any atom is -0.310 e. The van der Waals surface area contributed by atoms with Gasteiger partial charge in [-0.1, -0.05) is 269 Å². The van der Waals surface area contributed by atoms with Gasteiger partial charge in [0.25, 0.3) is 6.71 Å². The monoisotopic (exact) mass is 1120 g/mol. The minimum atomic E-state index is -0.275. The SMILES string of the molecule is CC(C)(C)c1cc2c3c(c1)N(c1c(-c4ccccc4)cccc1-c1ccccc1)c1cc(-n4c5ccccc5c5ccccc54)ccc1B3c1ccc(-c3ccc4cc5ccccc5cc4c3)cc1N2c1c(-c2ccccc2)cccc1-c1ccccc1. The molecule has 0 N–H and O–H groups in total. The zero-order valence-corrected chi connectivity index (χ0v) is 49.4. The summed E-state index contributed by atoms with van der Waals surface area (Å²) in [6.45, 7) is 6.96. The number of hydrogen-bond acceptors (Lipinski definition) is 2. The lowest BCUT2D eigenvalue weighted by Gasteiger charge is -2.46. The highest BCUT2D eigenvalue weighted by Crippen LogP contribution is 2.54. The largest absolute Gasteiger partial charge is 0.310 e. The van der Waals surface area contributed by atoms with Crippen molar-refractivity contribution in [3.63, 3.8) is 0 Å². The first-order valence-electron chi connectivity index (χ1n) is 30.8. The van der Waals surface area contributed by atoms with E-state index >= 15 is 0 Å². The van der Waals surface area contributed by atoms with Crippen molar-refractivity contribution in [1.29, 1.82) is 0 Å². The van der Waals surface area contributed by atoms with Crippen molar-refractivity contribution >= 4 is 101 Å². The Hall–Kier alpha value is -10.9. The van der Waals surface area contributed by atoms with Crippen molar-refractivity contribution in [2.24, 2.45) is 0 Å². The Bertz CT molecular complexity index is 5090. The topological polar surface area (TPSA) is 11.4 Å². The van der Waals surface area contributed by atoms with Gasteiger partial charge >= 0.3 is 0 Å². The number of fused-ring (bicyclic) bond motifs is 9. The Kier molecular flexibility index (Phi) is 11.9. The molecule has 3 nitrogen and oxygen atoms in total. The van der Waals surface area contributed by atoms with Crippen LogP contribution in [0.2, 0.25) is 0 Å². The van der Waals surface area contributed by atoms with Crippen LogP contribution < -0.4 is 26.2 Å². The minimum absolute atomic E-state index is 0.172. The van der Waals surface area contributed by atoms with Gasteiger partial charge in [0.1, 0.15) is 0 Å². The summed E-state index contributed by atoms with van der Waals surface area (Å²) < 4.78 is 2.48. The molecule has 0 radical (unpaired) electrons. The van der Waals surface area contributed by atoms with Gasteiger partial charge in [-0.3, -0.25) is 0 Å². The number of anilines is 6. The molecule has 0 aliphatic carbocycles. The molecule has 0 saturated carbocycles. The lowest BCUT2D eigenvalue weighted by molar-refractivity contribution is 0.590. The van der Waals surface area contributed by atoms with Gasteiger partial charge in [-0.25, -0.2) is 0 Å². The maximum absolute atomic E-state index is 2.68. The second kappa shape index (κ2) is 20.4. The van der Waals surface area contributed by atoms with E-state index in [-0.39, 0.29) is 12.1 Å². The molecule has 0 saturated heterocycles. The zero-order valence-electron chi connectivity index (χ0n) is 49.4. The van der Waals surface area contributed by atoms with Gasteiger partial charge in [-0.2, -0.15) is 0 Å². The highest BCUT2D eigenvalue weighted by Gasteiger charge is 2.46. The van der Waals surface area contributed by atoms with Crippen molar-refractivity contribution in [3.05, 3.63) is 315 Å². The quantitative estimate of drug-likeness (QED) is 0.111. The van der Waals surface area contributed by atoms with E-state index in [1.165, 1.54) is 82.2 Å². The van der Waals surface area contributed by atoms with E-state index in [2.05, 4.69) is 345 Å². The first-order valence-corrected chi connectivity index (χ1v) is 30.8. The molecule has 0 unspecified atom stereocenters. The van der Waals surface area contributed by atoms with Gasteiger partial charge in [0, 0.05) is 61.5 Å². The molecule has 0 atom stereocenters. The molecule has 4 heteroatoms. The third kappa shape index (κ3) is 8.28. The van der Waals surface area contributed by atoms with Gasteiger partial charge in [-0.15, -0.1) is 0 Å². The average molecular weight is 1120 g/mol. The van der Waals surface area contributed by atoms with Crippen LogP contribution in [0.3, 0.4) is 0 Å². The van der Waals surface area contributed by atoms with E-state index in [0.717, 1.165) is 78.5 Å². The van der Waals surface area contributed by atoms with Crippen molar-refractivity contribution in [2.45, 2.75) is 26.2 Å². The van der Waals surface area contributed by atoms with Gasteiger partial charge in [-0.05, 0) is 143 Å². The molecule has 1 aromatic heterocycles. The average Bonchev–Trinajstić information content (AvgIpc) is 0.800. The van der Waals surface area contributed by atoms with Crippen LogP contribution in [0.25, 0.3) is 105 Å².